The zero-order valence-corrected chi connectivity index (χ0v) is 16.0. The van der Waals surface area contributed by atoms with Gasteiger partial charge in [-0.05, 0) is 37.3 Å². The van der Waals surface area contributed by atoms with E-state index in [4.69, 9.17) is 4.74 Å². The lowest BCUT2D eigenvalue weighted by Gasteiger charge is -2.12. The molecule has 1 heterocycles. The highest BCUT2D eigenvalue weighted by Crippen LogP contribution is 2.31. The monoisotopic (exact) mass is 386 g/mol. The predicted molar refractivity (Wildman–Crippen MR) is 103 cm³/mol. The Morgan fingerprint density at radius 1 is 1.22 bits per heavy atom. The number of hydrogen-bond donors (Lipinski definition) is 1. The van der Waals surface area contributed by atoms with Crippen molar-refractivity contribution in [1.82, 2.24) is 14.8 Å². The molecule has 140 valence electrons. The Balaban J connectivity index is 1.74. The lowest BCUT2D eigenvalue weighted by molar-refractivity contribution is -0.115. The zero-order chi connectivity index (χ0) is 19.4. The molecule has 1 atom stereocenters. The summed E-state index contributed by atoms with van der Waals surface area (Å²) in [6.07, 6.45) is 0. The van der Waals surface area contributed by atoms with Crippen LogP contribution in [0.5, 0.6) is 5.75 Å². The second-order valence-corrected chi connectivity index (χ2v) is 7.13. The van der Waals surface area contributed by atoms with Gasteiger partial charge in [0.2, 0.25) is 5.91 Å². The van der Waals surface area contributed by atoms with Gasteiger partial charge in [0.1, 0.15) is 11.6 Å². The Morgan fingerprint density at radius 3 is 2.74 bits per heavy atom. The number of nitrogens with zero attached hydrogens (tertiary/aromatic N) is 3. The number of ether oxygens (including phenoxy) is 1. The van der Waals surface area contributed by atoms with E-state index in [0.29, 0.717) is 22.4 Å². The van der Waals surface area contributed by atoms with Gasteiger partial charge < -0.3 is 14.6 Å². The number of benzene rings is 2. The van der Waals surface area contributed by atoms with E-state index in [0.717, 1.165) is 5.56 Å². The number of para-hydroxylation sites is 1. The van der Waals surface area contributed by atoms with E-state index < -0.39 is 11.1 Å². The van der Waals surface area contributed by atoms with E-state index in [-0.39, 0.29) is 5.91 Å². The van der Waals surface area contributed by atoms with Gasteiger partial charge in [-0.2, -0.15) is 0 Å². The van der Waals surface area contributed by atoms with Crippen molar-refractivity contribution in [2.24, 2.45) is 7.05 Å². The maximum atomic E-state index is 13.3. The number of carbonyl (C=O) groups excluding carboxylic acids is 1. The summed E-state index contributed by atoms with van der Waals surface area (Å²) in [6.45, 7) is 1.76. The van der Waals surface area contributed by atoms with Gasteiger partial charge in [0, 0.05) is 12.7 Å². The average Bonchev–Trinajstić information content (AvgIpc) is 3.02. The Hall–Kier alpha value is -2.87. The van der Waals surface area contributed by atoms with Crippen LogP contribution in [0.2, 0.25) is 0 Å². The van der Waals surface area contributed by atoms with Crippen LogP contribution in [0.1, 0.15) is 6.92 Å². The van der Waals surface area contributed by atoms with E-state index >= 15 is 0 Å². The predicted octanol–water partition coefficient (Wildman–Crippen LogP) is 3.75. The van der Waals surface area contributed by atoms with Crippen LogP contribution < -0.4 is 10.1 Å². The molecule has 0 aliphatic rings. The van der Waals surface area contributed by atoms with E-state index in [2.05, 4.69) is 15.5 Å². The van der Waals surface area contributed by atoms with Crippen molar-refractivity contribution in [3.63, 3.8) is 0 Å². The smallest absolute Gasteiger partial charge is 0.237 e. The molecule has 8 heteroatoms. The highest BCUT2D eigenvalue weighted by Gasteiger charge is 2.20. The molecule has 0 saturated heterocycles. The summed E-state index contributed by atoms with van der Waals surface area (Å²) in [4.78, 5) is 12.4. The summed E-state index contributed by atoms with van der Waals surface area (Å²) in [5.74, 6) is 0.699. The molecule has 2 aromatic carbocycles. The maximum absolute atomic E-state index is 13.3. The third kappa shape index (κ3) is 4.28. The van der Waals surface area contributed by atoms with Crippen LogP contribution >= 0.6 is 11.8 Å². The van der Waals surface area contributed by atoms with E-state index in [1.54, 1.807) is 26.2 Å². The summed E-state index contributed by atoms with van der Waals surface area (Å²) < 4.78 is 20.4. The molecule has 6 nitrogen and oxygen atoms in total. The molecule has 3 aromatic rings. The van der Waals surface area contributed by atoms with Crippen LogP contribution in [0.25, 0.3) is 11.4 Å². The lowest BCUT2D eigenvalue weighted by Crippen LogP contribution is -2.22. The second-order valence-electron chi connectivity index (χ2n) is 5.83. The number of anilines is 1. The molecular weight excluding hydrogens is 367 g/mol. The summed E-state index contributed by atoms with van der Waals surface area (Å²) >= 11 is 1.27. The van der Waals surface area contributed by atoms with Gasteiger partial charge in [0.05, 0.1) is 17.9 Å². The van der Waals surface area contributed by atoms with Crippen molar-refractivity contribution in [3.05, 3.63) is 54.3 Å². The molecule has 1 amide bonds. The summed E-state index contributed by atoms with van der Waals surface area (Å²) in [7, 11) is 3.44. The fraction of sp³-hybridized carbons (Fsp3) is 0.211. The number of nitrogens with one attached hydrogen (secondary N) is 1. The van der Waals surface area contributed by atoms with Crippen LogP contribution in [-0.2, 0) is 11.8 Å². The van der Waals surface area contributed by atoms with Gasteiger partial charge in [-0.25, -0.2) is 4.39 Å². The van der Waals surface area contributed by atoms with E-state index in [9.17, 15) is 9.18 Å². The molecule has 0 aliphatic carbocycles. The number of aromatic nitrogens is 3. The van der Waals surface area contributed by atoms with Crippen molar-refractivity contribution in [3.8, 4) is 17.1 Å². The van der Waals surface area contributed by atoms with Crippen molar-refractivity contribution in [2.75, 3.05) is 12.4 Å². The standard InChI is InChI=1S/C19H19FN4O2S/c1-12(18(25)21-14-8-6-7-13(20)11-14)27-19-23-22-17(24(19)2)15-9-4-5-10-16(15)26-3/h4-12H,1-3H3,(H,21,25). The van der Waals surface area contributed by atoms with Gasteiger partial charge >= 0.3 is 0 Å². The molecular formula is C19H19FN4O2S. The maximum Gasteiger partial charge on any atom is 0.237 e. The summed E-state index contributed by atoms with van der Waals surface area (Å²) in [5, 5.41) is 11.3. The minimum Gasteiger partial charge on any atom is -0.496 e. The Kier molecular flexibility index (Phi) is 5.75. The molecule has 1 N–H and O–H groups in total. The first-order chi connectivity index (χ1) is 13.0. The summed E-state index contributed by atoms with van der Waals surface area (Å²) in [5.41, 5.74) is 1.24. The molecule has 0 spiro atoms. The third-order valence-electron chi connectivity index (χ3n) is 3.93. The van der Waals surface area contributed by atoms with Gasteiger partial charge in [0.25, 0.3) is 0 Å². The second kappa shape index (κ2) is 8.22. The zero-order valence-electron chi connectivity index (χ0n) is 15.1. The van der Waals surface area contributed by atoms with Gasteiger partial charge in [0.15, 0.2) is 11.0 Å². The van der Waals surface area contributed by atoms with Crippen LogP contribution in [0, 0.1) is 5.82 Å². The number of rotatable bonds is 6. The SMILES string of the molecule is COc1ccccc1-c1nnc(SC(C)C(=O)Nc2cccc(F)c2)n1C. The third-order valence-corrected chi connectivity index (χ3v) is 5.06. The Labute approximate surface area is 160 Å². The van der Waals surface area contributed by atoms with Gasteiger partial charge in [-0.15, -0.1) is 10.2 Å². The normalized spacial score (nSPS) is 11.9. The van der Waals surface area contributed by atoms with E-state index in [1.807, 2.05) is 35.9 Å². The highest BCUT2D eigenvalue weighted by molar-refractivity contribution is 8.00. The van der Waals surface area contributed by atoms with E-state index in [1.165, 1.54) is 23.9 Å². The molecule has 27 heavy (non-hydrogen) atoms. The molecule has 0 bridgehead atoms. The molecule has 0 radical (unpaired) electrons. The van der Waals surface area contributed by atoms with Crippen molar-refractivity contribution in [2.45, 2.75) is 17.3 Å². The number of amides is 1. The Bertz CT molecular complexity index is 960. The first kappa shape index (κ1) is 18.9. The van der Waals surface area contributed by atoms with Crippen molar-refractivity contribution >= 4 is 23.4 Å². The summed E-state index contributed by atoms with van der Waals surface area (Å²) in [6, 6.07) is 13.3. The van der Waals surface area contributed by atoms with Gasteiger partial charge in [-0.3, -0.25) is 4.79 Å². The largest absolute Gasteiger partial charge is 0.496 e. The fourth-order valence-corrected chi connectivity index (χ4v) is 3.32. The lowest BCUT2D eigenvalue weighted by atomic mass is 10.2. The first-order valence-electron chi connectivity index (χ1n) is 8.25. The molecule has 0 fully saturated rings. The van der Waals surface area contributed by atoms with Crippen LogP contribution in [0.15, 0.2) is 53.7 Å². The first-order valence-corrected chi connectivity index (χ1v) is 9.13. The van der Waals surface area contributed by atoms with Gasteiger partial charge in [-0.1, -0.05) is 30.0 Å². The number of halogens is 1. The quantitative estimate of drug-likeness (QED) is 0.654. The fourth-order valence-electron chi connectivity index (χ4n) is 2.50. The number of carbonyl (C=O) groups is 1. The highest BCUT2D eigenvalue weighted by atomic mass is 32.2. The number of hydrogen-bond acceptors (Lipinski definition) is 5. The number of methoxy groups -OCH3 is 1. The molecule has 3 rings (SSSR count). The Morgan fingerprint density at radius 2 is 2.00 bits per heavy atom. The average molecular weight is 386 g/mol. The number of thioether (sulfide) groups is 1. The van der Waals surface area contributed by atoms with Crippen molar-refractivity contribution in [1.29, 1.82) is 0 Å². The molecule has 1 unspecified atom stereocenters. The van der Waals surface area contributed by atoms with Crippen LogP contribution in [0.3, 0.4) is 0 Å². The van der Waals surface area contributed by atoms with Crippen molar-refractivity contribution < 1.29 is 13.9 Å². The molecule has 0 aliphatic heterocycles. The molecule has 0 saturated carbocycles. The van der Waals surface area contributed by atoms with Crippen LogP contribution in [0.4, 0.5) is 10.1 Å². The minimum atomic E-state index is -0.443. The van der Waals surface area contributed by atoms with Crippen LogP contribution in [-0.4, -0.2) is 33.0 Å². The minimum absolute atomic E-state index is 0.243. The topological polar surface area (TPSA) is 69.0 Å². The molecule has 1 aromatic heterocycles.